The number of hydrogen-bond donors (Lipinski definition) is 1. The third kappa shape index (κ3) is 3.20. The van der Waals surface area contributed by atoms with Gasteiger partial charge < -0.3 is 5.11 Å². The number of carbonyl (C=O) groups excluding carboxylic acids is 2. The van der Waals surface area contributed by atoms with Gasteiger partial charge in [-0.1, -0.05) is 23.7 Å². The molecule has 3 rings (SSSR count). The van der Waals surface area contributed by atoms with Crippen LogP contribution in [0.1, 0.15) is 15.9 Å². The van der Waals surface area contributed by atoms with Crippen LogP contribution < -0.4 is 4.90 Å². The molecule has 0 radical (unpaired) electrons. The zero-order valence-electron chi connectivity index (χ0n) is 12.1. The van der Waals surface area contributed by atoms with Crippen LogP contribution in [0, 0.1) is 0 Å². The molecule has 1 fully saturated rings. The minimum absolute atomic E-state index is 0.154. The van der Waals surface area contributed by atoms with Crippen molar-refractivity contribution in [3.05, 3.63) is 69.6 Å². The second kappa shape index (κ2) is 6.51. The first kappa shape index (κ1) is 16.3. The van der Waals surface area contributed by atoms with E-state index in [1.807, 2.05) is 0 Å². The number of rotatable bonds is 3. The average molecular weight is 360 g/mol. The van der Waals surface area contributed by atoms with Crippen molar-refractivity contribution in [1.82, 2.24) is 0 Å². The van der Waals surface area contributed by atoms with E-state index >= 15 is 0 Å². The molecule has 5 nitrogen and oxygen atoms in total. The number of benzene rings is 2. The molecule has 0 aliphatic carbocycles. The molecule has 1 N–H and O–H groups in total. The van der Waals surface area contributed by atoms with Crippen molar-refractivity contribution in [3.8, 4) is 0 Å². The number of carboxylic acid groups (broad SMARTS) is 1. The monoisotopic (exact) mass is 359 g/mol. The fourth-order valence-electron chi connectivity index (χ4n) is 2.15. The molecule has 1 aliphatic rings. The highest BCUT2D eigenvalue weighted by molar-refractivity contribution is 8.19. The molecule has 2 aromatic carbocycles. The van der Waals surface area contributed by atoms with Crippen molar-refractivity contribution in [2.45, 2.75) is 0 Å². The molecule has 0 unspecified atom stereocenters. The van der Waals surface area contributed by atoms with Gasteiger partial charge in [-0.2, -0.15) is 0 Å². The van der Waals surface area contributed by atoms with Gasteiger partial charge in [0, 0.05) is 5.02 Å². The second-order valence-corrected chi connectivity index (χ2v) is 6.35. The summed E-state index contributed by atoms with van der Waals surface area (Å²) in [6, 6.07) is 12.5. The second-order valence-electron chi connectivity index (χ2n) is 4.92. The van der Waals surface area contributed by atoms with Gasteiger partial charge in [0.2, 0.25) is 0 Å². The fraction of sp³-hybridized carbons (Fsp3) is 0. The van der Waals surface area contributed by atoms with Gasteiger partial charge in [-0.25, -0.2) is 9.69 Å². The predicted molar refractivity (Wildman–Crippen MR) is 93.3 cm³/mol. The van der Waals surface area contributed by atoms with Gasteiger partial charge in [0.15, 0.2) is 0 Å². The van der Waals surface area contributed by atoms with Gasteiger partial charge in [-0.15, -0.1) is 0 Å². The van der Waals surface area contributed by atoms with Crippen LogP contribution in [-0.4, -0.2) is 22.2 Å². The summed E-state index contributed by atoms with van der Waals surface area (Å²) in [4.78, 5) is 36.8. The molecule has 0 bridgehead atoms. The Morgan fingerprint density at radius 1 is 1.04 bits per heavy atom. The van der Waals surface area contributed by atoms with Crippen molar-refractivity contribution < 1.29 is 19.5 Å². The predicted octanol–water partition coefficient (Wildman–Crippen LogP) is 4.28. The lowest BCUT2D eigenvalue weighted by molar-refractivity contribution is -0.113. The maximum Gasteiger partial charge on any atom is 0.335 e. The lowest BCUT2D eigenvalue weighted by Crippen LogP contribution is -2.27. The molecule has 0 atom stereocenters. The first-order valence-corrected chi connectivity index (χ1v) is 8.02. The third-order valence-electron chi connectivity index (χ3n) is 3.33. The van der Waals surface area contributed by atoms with Crippen molar-refractivity contribution >= 4 is 52.2 Å². The maximum atomic E-state index is 12.5. The minimum Gasteiger partial charge on any atom is -0.478 e. The molecule has 0 saturated carbocycles. The lowest BCUT2D eigenvalue weighted by atomic mass is 10.1. The molecule has 1 saturated heterocycles. The van der Waals surface area contributed by atoms with Crippen LogP contribution >= 0.6 is 23.4 Å². The molecule has 7 heteroatoms. The summed E-state index contributed by atoms with van der Waals surface area (Å²) in [5.74, 6) is -1.45. The Balaban J connectivity index is 1.87. The van der Waals surface area contributed by atoms with Crippen molar-refractivity contribution in [2.75, 3.05) is 4.90 Å². The normalized spacial score (nSPS) is 16.0. The number of halogens is 1. The molecule has 1 aliphatic heterocycles. The third-order valence-corrected chi connectivity index (χ3v) is 4.46. The van der Waals surface area contributed by atoms with E-state index in [0.717, 1.165) is 16.7 Å². The van der Waals surface area contributed by atoms with Crippen LogP contribution in [0.5, 0.6) is 0 Å². The van der Waals surface area contributed by atoms with E-state index in [1.165, 1.54) is 12.1 Å². The molecule has 2 amide bonds. The number of carbonyl (C=O) groups is 3. The molecule has 2 aromatic rings. The first-order valence-electron chi connectivity index (χ1n) is 6.82. The zero-order valence-corrected chi connectivity index (χ0v) is 13.7. The number of nitrogens with zero attached hydrogens (tertiary/aromatic N) is 1. The highest BCUT2D eigenvalue weighted by atomic mass is 35.5. The van der Waals surface area contributed by atoms with Gasteiger partial charge in [0.1, 0.15) is 0 Å². The SMILES string of the molecule is O=C(O)c1ccc(/C=C2\SC(=O)N(c3ccc(Cl)cc3)C2=O)cc1. The number of hydrogen-bond acceptors (Lipinski definition) is 4. The number of anilines is 1. The summed E-state index contributed by atoms with van der Waals surface area (Å²) >= 11 is 6.65. The van der Waals surface area contributed by atoms with Gasteiger partial charge >= 0.3 is 5.97 Å². The summed E-state index contributed by atoms with van der Waals surface area (Å²) < 4.78 is 0. The molecule has 0 spiro atoms. The van der Waals surface area contributed by atoms with Crippen LogP contribution in [0.15, 0.2) is 53.4 Å². The van der Waals surface area contributed by atoms with Crippen LogP contribution in [0.25, 0.3) is 6.08 Å². The minimum atomic E-state index is -1.02. The Morgan fingerprint density at radius 2 is 1.67 bits per heavy atom. The topological polar surface area (TPSA) is 74.7 Å². The van der Waals surface area contributed by atoms with E-state index in [9.17, 15) is 14.4 Å². The molecular formula is C17H10ClNO4S. The van der Waals surface area contributed by atoms with E-state index in [1.54, 1.807) is 42.5 Å². The fourth-order valence-corrected chi connectivity index (χ4v) is 3.12. The summed E-state index contributed by atoms with van der Waals surface area (Å²) in [5.41, 5.74) is 1.24. The van der Waals surface area contributed by atoms with E-state index in [0.29, 0.717) is 16.3 Å². The van der Waals surface area contributed by atoms with Crippen LogP contribution in [0.2, 0.25) is 5.02 Å². The smallest absolute Gasteiger partial charge is 0.335 e. The number of aromatic carboxylic acids is 1. The Kier molecular flexibility index (Phi) is 4.42. The van der Waals surface area contributed by atoms with Crippen LogP contribution in [-0.2, 0) is 4.79 Å². The molecule has 120 valence electrons. The molecule has 1 heterocycles. The Bertz CT molecular complexity index is 859. The highest BCUT2D eigenvalue weighted by Gasteiger charge is 2.36. The Labute approximate surface area is 146 Å². The van der Waals surface area contributed by atoms with E-state index < -0.39 is 17.1 Å². The number of imide groups is 1. The largest absolute Gasteiger partial charge is 0.478 e. The van der Waals surface area contributed by atoms with Crippen LogP contribution in [0.4, 0.5) is 10.5 Å². The summed E-state index contributed by atoms with van der Waals surface area (Å²) in [6.45, 7) is 0. The van der Waals surface area contributed by atoms with Crippen LogP contribution in [0.3, 0.4) is 0 Å². The standard InChI is InChI=1S/C17H10ClNO4S/c18-12-5-7-13(8-6-12)19-15(20)14(24-17(19)23)9-10-1-3-11(4-2-10)16(21)22/h1-9H,(H,21,22)/b14-9-. The Hall–Kier alpha value is -2.57. The van der Waals surface area contributed by atoms with Crippen molar-refractivity contribution in [2.24, 2.45) is 0 Å². The molecule has 24 heavy (non-hydrogen) atoms. The lowest BCUT2D eigenvalue weighted by Gasteiger charge is -2.12. The first-order chi connectivity index (χ1) is 11.5. The quantitative estimate of drug-likeness (QED) is 0.828. The van der Waals surface area contributed by atoms with Gasteiger partial charge in [-0.3, -0.25) is 9.59 Å². The molecule has 0 aromatic heterocycles. The summed E-state index contributed by atoms with van der Waals surface area (Å²) in [7, 11) is 0. The Morgan fingerprint density at radius 3 is 2.25 bits per heavy atom. The number of amides is 2. The zero-order chi connectivity index (χ0) is 17.3. The van der Waals surface area contributed by atoms with Crippen molar-refractivity contribution in [3.63, 3.8) is 0 Å². The molecular weight excluding hydrogens is 350 g/mol. The van der Waals surface area contributed by atoms with Gasteiger partial charge in [0.25, 0.3) is 11.1 Å². The van der Waals surface area contributed by atoms with Gasteiger partial charge in [-0.05, 0) is 59.8 Å². The highest BCUT2D eigenvalue weighted by Crippen LogP contribution is 2.36. The number of carboxylic acids is 1. The van der Waals surface area contributed by atoms with E-state index in [2.05, 4.69) is 0 Å². The van der Waals surface area contributed by atoms with Gasteiger partial charge in [0.05, 0.1) is 16.2 Å². The van der Waals surface area contributed by atoms with Crippen molar-refractivity contribution in [1.29, 1.82) is 0 Å². The number of thioether (sulfide) groups is 1. The summed E-state index contributed by atoms with van der Waals surface area (Å²) in [5, 5.41) is 9.00. The summed E-state index contributed by atoms with van der Waals surface area (Å²) in [6.07, 6.45) is 1.56. The van der Waals surface area contributed by atoms with E-state index in [4.69, 9.17) is 16.7 Å². The average Bonchev–Trinajstić information content (AvgIpc) is 2.83. The van der Waals surface area contributed by atoms with E-state index in [-0.39, 0.29) is 10.5 Å². The maximum absolute atomic E-state index is 12.5.